The van der Waals surface area contributed by atoms with Crippen LogP contribution >= 0.6 is 0 Å². The molecule has 1 amide bonds. The Labute approximate surface area is 143 Å². The molecule has 0 saturated carbocycles. The fourth-order valence-corrected chi connectivity index (χ4v) is 3.32. The van der Waals surface area contributed by atoms with Crippen LogP contribution in [-0.2, 0) is 17.8 Å². The molecule has 1 aromatic heterocycles. The van der Waals surface area contributed by atoms with Gasteiger partial charge in [-0.2, -0.15) is 0 Å². The SMILES string of the molecule is Cc1cccc(CN2CCCC2C(=O)NCCc2cc(C)on2)c1. The summed E-state index contributed by atoms with van der Waals surface area (Å²) in [5.41, 5.74) is 3.42. The predicted molar refractivity (Wildman–Crippen MR) is 92.6 cm³/mol. The average Bonchev–Trinajstić information content (AvgIpc) is 3.16. The Morgan fingerprint density at radius 2 is 2.25 bits per heavy atom. The van der Waals surface area contributed by atoms with E-state index in [1.54, 1.807) is 0 Å². The molecule has 24 heavy (non-hydrogen) atoms. The fraction of sp³-hybridized carbons (Fsp3) is 0.474. The Balaban J connectivity index is 1.51. The molecule has 1 aliphatic heterocycles. The summed E-state index contributed by atoms with van der Waals surface area (Å²) in [6.07, 6.45) is 2.71. The lowest BCUT2D eigenvalue weighted by molar-refractivity contribution is -0.125. The van der Waals surface area contributed by atoms with Crippen molar-refractivity contribution in [3.05, 3.63) is 52.9 Å². The van der Waals surface area contributed by atoms with E-state index in [-0.39, 0.29) is 11.9 Å². The average molecular weight is 327 g/mol. The van der Waals surface area contributed by atoms with Crippen LogP contribution in [0, 0.1) is 13.8 Å². The van der Waals surface area contributed by atoms with Crippen LogP contribution < -0.4 is 5.32 Å². The molecule has 0 radical (unpaired) electrons. The van der Waals surface area contributed by atoms with E-state index in [1.165, 1.54) is 11.1 Å². The molecule has 3 rings (SSSR count). The van der Waals surface area contributed by atoms with E-state index >= 15 is 0 Å². The molecule has 0 aliphatic carbocycles. The van der Waals surface area contributed by atoms with Crippen molar-refractivity contribution in [3.8, 4) is 0 Å². The lowest BCUT2D eigenvalue weighted by Crippen LogP contribution is -2.43. The monoisotopic (exact) mass is 327 g/mol. The number of amides is 1. The molecule has 2 aromatic rings. The number of nitrogens with zero attached hydrogens (tertiary/aromatic N) is 2. The highest BCUT2D eigenvalue weighted by molar-refractivity contribution is 5.82. The molecule has 128 valence electrons. The Morgan fingerprint density at radius 3 is 3.00 bits per heavy atom. The van der Waals surface area contributed by atoms with Crippen LogP contribution in [0.25, 0.3) is 0 Å². The third kappa shape index (κ3) is 4.23. The third-order valence-electron chi connectivity index (χ3n) is 4.49. The summed E-state index contributed by atoms with van der Waals surface area (Å²) in [6.45, 7) is 6.39. The van der Waals surface area contributed by atoms with E-state index in [2.05, 4.69) is 46.6 Å². The molecule has 0 bridgehead atoms. The minimum atomic E-state index is -0.0236. The number of carbonyl (C=O) groups is 1. The maximum Gasteiger partial charge on any atom is 0.237 e. The molecule has 1 aromatic carbocycles. The van der Waals surface area contributed by atoms with Gasteiger partial charge in [-0.25, -0.2) is 0 Å². The first-order chi connectivity index (χ1) is 11.6. The molecule has 1 aliphatic rings. The van der Waals surface area contributed by atoms with Gasteiger partial charge in [0.05, 0.1) is 11.7 Å². The molecule has 5 heteroatoms. The number of rotatable bonds is 6. The van der Waals surface area contributed by atoms with Crippen LogP contribution in [-0.4, -0.2) is 35.1 Å². The van der Waals surface area contributed by atoms with E-state index in [0.717, 1.165) is 37.4 Å². The lowest BCUT2D eigenvalue weighted by Gasteiger charge is -2.23. The van der Waals surface area contributed by atoms with Crippen LogP contribution in [0.2, 0.25) is 0 Å². The van der Waals surface area contributed by atoms with Crippen molar-refractivity contribution in [2.45, 2.75) is 45.7 Å². The first kappa shape index (κ1) is 16.7. The predicted octanol–water partition coefficient (Wildman–Crippen LogP) is 2.61. The van der Waals surface area contributed by atoms with Gasteiger partial charge in [-0.1, -0.05) is 35.0 Å². The standard InChI is InChI=1S/C19H25N3O2/c1-14-5-3-6-16(11-14)13-22-10-4-7-18(22)19(23)20-9-8-17-12-15(2)24-21-17/h3,5-6,11-12,18H,4,7-10,13H2,1-2H3,(H,20,23). The zero-order valence-corrected chi connectivity index (χ0v) is 14.4. The van der Waals surface area contributed by atoms with Crippen molar-refractivity contribution in [2.24, 2.45) is 0 Å². The molecule has 5 nitrogen and oxygen atoms in total. The quantitative estimate of drug-likeness (QED) is 0.886. The fourth-order valence-electron chi connectivity index (χ4n) is 3.32. The van der Waals surface area contributed by atoms with Gasteiger partial charge in [0.2, 0.25) is 5.91 Å². The van der Waals surface area contributed by atoms with Gasteiger partial charge >= 0.3 is 0 Å². The van der Waals surface area contributed by atoms with Crippen LogP contribution in [0.5, 0.6) is 0 Å². The van der Waals surface area contributed by atoms with Gasteiger partial charge in [-0.3, -0.25) is 9.69 Å². The van der Waals surface area contributed by atoms with Crippen molar-refractivity contribution in [1.82, 2.24) is 15.4 Å². The Morgan fingerprint density at radius 1 is 1.38 bits per heavy atom. The molecule has 1 fully saturated rings. The number of likely N-dealkylation sites (tertiary alicyclic amines) is 1. The Bertz CT molecular complexity index is 695. The van der Waals surface area contributed by atoms with Crippen molar-refractivity contribution in [3.63, 3.8) is 0 Å². The molecular weight excluding hydrogens is 302 g/mol. The van der Waals surface area contributed by atoms with Gasteiger partial charge in [0.25, 0.3) is 0 Å². The van der Waals surface area contributed by atoms with Crippen molar-refractivity contribution >= 4 is 5.91 Å². The molecule has 2 heterocycles. The second-order valence-electron chi connectivity index (χ2n) is 6.59. The highest BCUT2D eigenvalue weighted by Crippen LogP contribution is 2.20. The topological polar surface area (TPSA) is 58.4 Å². The highest BCUT2D eigenvalue weighted by atomic mass is 16.5. The largest absolute Gasteiger partial charge is 0.361 e. The summed E-state index contributed by atoms with van der Waals surface area (Å²) in [4.78, 5) is 14.8. The van der Waals surface area contributed by atoms with E-state index in [9.17, 15) is 4.79 Å². The molecule has 1 saturated heterocycles. The summed E-state index contributed by atoms with van der Waals surface area (Å²) in [5, 5.41) is 7.00. The number of aryl methyl sites for hydroxylation is 2. The Hall–Kier alpha value is -2.14. The number of benzene rings is 1. The third-order valence-corrected chi connectivity index (χ3v) is 4.49. The zero-order chi connectivity index (χ0) is 16.9. The summed E-state index contributed by atoms with van der Waals surface area (Å²) in [6, 6.07) is 10.4. The molecule has 1 unspecified atom stereocenters. The highest BCUT2D eigenvalue weighted by Gasteiger charge is 2.30. The number of hydrogen-bond donors (Lipinski definition) is 1. The summed E-state index contributed by atoms with van der Waals surface area (Å²) < 4.78 is 5.04. The minimum Gasteiger partial charge on any atom is -0.361 e. The number of hydrogen-bond acceptors (Lipinski definition) is 4. The first-order valence-corrected chi connectivity index (χ1v) is 8.61. The van der Waals surface area contributed by atoms with Gasteiger partial charge in [0.1, 0.15) is 5.76 Å². The van der Waals surface area contributed by atoms with Crippen molar-refractivity contribution in [2.75, 3.05) is 13.1 Å². The van der Waals surface area contributed by atoms with Crippen LogP contribution in [0.1, 0.15) is 35.4 Å². The molecule has 1 atom stereocenters. The van der Waals surface area contributed by atoms with Gasteiger partial charge < -0.3 is 9.84 Å². The zero-order valence-electron chi connectivity index (χ0n) is 14.4. The Kier molecular flexibility index (Phi) is 5.30. The summed E-state index contributed by atoms with van der Waals surface area (Å²) >= 11 is 0. The number of carbonyl (C=O) groups excluding carboxylic acids is 1. The molecule has 1 N–H and O–H groups in total. The van der Waals surface area contributed by atoms with E-state index < -0.39 is 0 Å². The maximum absolute atomic E-state index is 12.5. The second kappa shape index (κ2) is 7.62. The molecule has 0 spiro atoms. The van der Waals surface area contributed by atoms with E-state index in [4.69, 9.17) is 4.52 Å². The molecular formula is C19H25N3O2. The second-order valence-corrected chi connectivity index (χ2v) is 6.59. The van der Waals surface area contributed by atoms with Gasteiger partial charge in [-0.05, 0) is 38.8 Å². The number of nitrogens with one attached hydrogen (secondary N) is 1. The lowest BCUT2D eigenvalue weighted by atomic mass is 10.1. The van der Waals surface area contributed by atoms with Crippen LogP contribution in [0.4, 0.5) is 0 Å². The number of aromatic nitrogens is 1. The van der Waals surface area contributed by atoms with E-state index in [0.29, 0.717) is 13.0 Å². The maximum atomic E-state index is 12.5. The minimum absolute atomic E-state index is 0.0236. The van der Waals surface area contributed by atoms with Gasteiger partial charge in [0, 0.05) is 25.6 Å². The smallest absolute Gasteiger partial charge is 0.237 e. The van der Waals surface area contributed by atoms with Crippen LogP contribution in [0.3, 0.4) is 0 Å². The van der Waals surface area contributed by atoms with E-state index in [1.807, 2.05) is 13.0 Å². The normalized spacial score (nSPS) is 18.0. The van der Waals surface area contributed by atoms with Gasteiger partial charge in [-0.15, -0.1) is 0 Å². The van der Waals surface area contributed by atoms with Crippen LogP contribution in [0.15, 0.2) is 34.9 Å². The first-order valence-electron chi connectivity index (χ1n) is 8.61. The van der Waals surface area contributed by atoms with Crippen molar-refractivity contribution in [1.29, 1.82) is 0 Å². The van der Waals surface area contributed by atoms with Crippen molar-refractivity contribution < 1.29 is 9.32 Å². The van der Waals surface area contributed by atoms with Gasteiger partial charge in [0.15, 0.2) is 0 Å². The summed E-state index contributed by atoms with van der Waals surface area (Å²) in [5.74, 6) is 0.928. The summed E-state index contributed by atoms with van der Waals surface area (Å²) in [7, 11) is 0.